The maximum absolute atomic E-state index is 11.9. The molecular weight excluding hydrogens is 328 g/mol. The molecule has 0 spiro atoms. The van der Waals surface area contributed by atoms with Crippen molar-refractivity contribution in [1.82, 2.24) is 20.0 Å². The fraction of sp³-hybridized carbons (Fsp3) is 0.235. The lowest BCUT2D eigenvalue weighted by atomic mass is 10.1. The van der Waals surface area contributed by atoms with Crippen LogP contribution in [0.4, 0.5) is 0 Å². The summed E-state index contributed by atoms with van der Waals surface area (Å²) in [6.07, 6.45) is 6.44. The van der Waals surface area contributed by atoms with Gasteiger partial charge >= 0.3 is 0 Å². The van der Waals surface area contributed by atoms with E-state index in [9.17, 15) is 4.79 Å². The number of imidazole rings is 1. The van der Waals surface area contributed by atoms with Gasteiger partial charge in [0.15, 0.2) is 5.76 Å². The highest BCUT2D eigenvalue weighted by molar-refractivity contribution is 6.30. The smallest absolute Gasteiger partial charge is 0.226 e. The molecule has 0 atom stereocenters. The number of aromatic nitrogens is 3. The topological polar surface area (TPSA) is 73.0 Å². The molecule has 24 heavy (non-hydrogen) atoms. The molecule has 0 fully saturated rings. The molecule has 0 saturated carbocycles. The van der Waals surface area contributed by atoms with Crippen LogP contribution in [0, 0.1) is 0 Å². The van der Waals surface area contributed by atoms with Crippen LogP contribution in [0.1, 0.15) is 12.1 Å². The number of nitrogens with one attached hydrogen (secondary N) is 1. The molecule has 0 unspecified atom stereocenters. The molecule has 0 aliphatic heterocycles. The average Bonchev–Trinajstić information content (AvgIpc) is 3.24. The summed E-state index contributed by atoms with van der Waals surface area (Å²) in [4.78, 5) is 15.9. The van der Waals surface area contributed by atoms with Gasteiger partial charge in [-0.15, -0.1) is 0 Å². The van der Waals surface area contributed by atoms with Crippen molar-refractivity contribution in [2.24, 2.45) is 0 Å². The van der Waals surface area contributed by atoms with Crippen LogP contribution in [-0.2, 0) is 17.8 Å². The molecule has 1 N–H and O–H groups in total. The Morgan fingerprint density at radius 2 is 2.12 bits per heavy atom. The third kappa shape index (κ3) is 4.45. The minimum absolute atomic E-state index is 0.0726. The third-order valence-electron chi connectivity index (χ3n) is 3.50. The Kier molecular flexibility index (Phi) is 5.28. The predicted octanol–water partition coefficient (Wildman–Crippen LogP) is 2.94. The summed E-state index contributed by atoms with van der Waals surface area (Å²) in [5.41, 5.74) is 1.48. The molecular formula is C17H17ClN4O2. The maximum atomic E-state index is 11.9. The van der Waals surface area contributed by atoms with Gasteiger partial charge in [0, 0.05) is 42.1 Å². The number of halogens is 1. The molecule has 0 aliphatic rings. The summed E-state index contributed by atoms with van der Waals surface area (Å²) in [5.74, 6) is 0.547. The summed E-state index contributed by atoms with van der Waals surface area (Å²) >= 11 is 5.86. The van der Waals surface area contributed by atoms with Crippen molar-refractivity contribution in [2.45, 2.75) is 19.4 Å². The molecule has 0 aliphatic carbocycles. The number of hydrogen-bond acceptors (Lipinski definition) is 4. The quantitative estimate of drug-likeness (QED) is 0.669. The second-order valence-electron chi connectivity index (χ2n) is 5.37. The predicted molar refractivity (Wildman–Crippen MR) is 90.5 cm³/mol. The molecule has 124 valence electrons. The zero-order chi connectivity index (χ0) is 16.8. The van der Waals surface area contributed by atoms with Gasteiger partial charge in [-0.1, -0.05) is 16.8 Å². The Balaban J connectivity index is 1.45. The Morgan fingerprint density at radius 3 is 2.88 bits per heavy atom. The number of benzene rings is 1. The van der Waals surface area contributed by atoms with Crippen LogP contribution in [-0.4, -0.2) is 27.2 Å². The summed E-state index contributed by atoms with van der Waals surface area (Å²) in [6, 6.07) is 9.04. The second-order valence-corrected chi connectivity index (χ2v) is 5.81. The van der Waals surface area contributed by atoms with E-state index in [1.807, 2.05) is 22.9 Å². The summed E-state index contributed by atoms with van der Waals surface area (Å²) in [7, 11) is 0. The molecule has 1 aromatic carbocycles. The van der Waals surface area contributed by atoms with Crippen molar-refractivity contribution < 1.29 is 9.32 Å². The molecule has 2 heterocycles. The molecule has 7 heteroatoms. The standard InChI is InChI=1S/C17H17ClN4O2/c18-14-4-2-13(3-5-14)16-10-15(21-24-16)11-17(23)20-6-1-8-22-9-7-19-12-22/h2-5,7,9-10,12H,1,6,8,11H2,(H,20,23). The van der Waals surface area contributed by atoms with E-state index >= 15 is 0 Å². The molecule has 0 radical (unpaired) electrons. The van der Waals surface area contributed by atoms with E-state index in [1.54, 1.807) is 30.7 Å². The van der Waals surface area contributed by atoms with Crippen LogP contribution in [0.5, 0.6) is 0 Å². The molecule has 3 aromatic rings. The van der Waals surface area contributed by atoms with Gasteiger partial charge in [-0.3, -0.25) is 4.79 Å². The lowest BCUT2D eigenvalue weighted by Crippen LogP contribution is -2.26. The minimum atomic E-state index is -0.0726. The Bertz CT molecular complexity index is 781. The molecule has 1 amide bonds. The van der Waals surface area contributed by atoms with Gasteiger partial charge < -0.3 is 14.4 Å². The summed E-state index contributed by atoms with van der Waals surface area (Å²) in [6.45, 7) is 1.43. The Labute approximate surface area is 144 Å². The van der Waals surface area contributed by atoms with Crippen LogP contribution in [0.2, 0.25) is 5.02 Å². The van der Waals surface area contributed by atoms with E-state index in [4.69, 9.17) is 16.1 Å². The monoisotopic (exact) mass is 344 g/mol. The van der Waals surface area contributed by atoms with Crippen molar-refractivity contribution in [1.29, 1.82) is 0 Å². The normalized spacial score (nSPS) is 10.7. The van der Waals surface area contributed by atoms with Crippen LogP contribution < -0.4 is 5.32 Å². The Morgan fingerprint density at radius 1 is 1.29 bits per heavy atom. The van der Waals surface area contributed by atoms with E-state index in [-0.39, 0.29) is 12.3 Å². The van der Waals surface area contributed by atoms with Crippen LogP contribution in [0.15, 0.2) is 53.6 Å². The largest absolute Gasteiger partial charge is 0.356 e. The number of amides is 1. The summed E-state index contributed by atoms with van der Waals surface area (Å²) in [5, 5.41) is 7.48. The fourth-order valence-corrected chi connectivity index (χ4v) is 2.41. The highest BCUT2D eigenvalue weighted by atomic mass is 35.5. The van der Waals surface area contributed by atoms with Crippen molar-refractivity contribution in [3.8, 4) is 11.3 Å². The number of carbonyl (C=O) groups excluding carboxylic acids is 1. The first-order valence-electron chi connectivity index (χ1n) is 7.65. The highest BCUT2D eigenvalue weighted by Gasteiger charge is 2.10. The van der Waals surface area contributed by atoms with Crippen LogP contribution in [0.3, 0.4) is 0 Å². The molecule has 2 aromatic heterocycles. The number of hydrogen-bond donors (Lipinski definition) is 1. The number of nitrogens with zero attached hydrogens (tertiary/aromatic N) is 3. The van der Waals surface area contributed by atoms with E-state index in [0.717, 1.165) is 18.5 Å². The van der Waals surface area contributed by atoms with E-state index in [0.29, 0.717) is 23.0 Å². The van der Waals surface area contributed by atoms with Crippen LogP contribution >= 0.6 is 11.6 Å². The first-order chi connectivity index (χ1) is 11.7. The Hall–Kier alpha value is -2.60. The SMILES string of the molecule is O=C(Cc1cc(-c2ccc(Cl)cc2)on1)NCCCn1ccnc1. The summed E-state index contributed by atoms with van der Waals surface area (Å²) < 4.78 is 7.26. The molecule has 3 rings (SSSR count). The minimum Gasteiger partial charge on any atom is -0.356 e. The van der Waals surface area contributed by atoms with Crippen molar-refractivity contribution in [3.63, 3.8) is 0 Å². The molecule has 0 saturated heterocycles. The van der Waals surface area contributed by atoms with Gasteiger partial charge in [0.05, 0.1) is 18.4 Å². The van der Waals surface area contributed by atoms with Crippen molar-refractivity contribution in [2.75, 3.05) is 6.54 Å². The first kappa shape index (κ1) is 16.3. The van der Waals surface area contributed by atoms with E-state index < -0.39 is 0 Å². The lowest BCUT2D eigenvalue weighted by molar-refractivity contribution is -0.120. The zero-order valence-electron chi connectivity index (χ0n) is 13.0. The number of aryl methyl sites for hydroxylation is 1. The van der Waals surface area contributed by atoms with Crippen LogP contribution in [0.25, 0.3) is 11.3 Å². The third-order valence-corrected chi connectivity index (χ3v) is 3.76. The zero-order valence-corrected chi connectivity index (χ0v) is 13.7. The number of rotatable bonds is 7. The molecule has 0 bridgehead atoms. The first-order valence-corrected chi connectivity index (χ1v) is 8.02. The van der Waals surface area contributed by atoms with Gasteiger partial charge in [0.2, 0.25) is 5.91 Å². The van der Waals surface area contributed by atoms with Gasteiger partial charge in [-0.2, -0.15) is 0 Å². The van der Waals surface area contributed by atoms with Gasteiger partial charge in [-0.25, -0.2) is 4.98 Å². The second kappa shape index (κ2) is 7.79. The maximum Gasteiger partial charge on any atom is 0.226 e. The van der Waals surface area contributed by atoms with Gasteiger partial charge in [0.25, 0.3) is 0 Å². The van der Waals surface area contributed by atoms with E-state index in [1.165, 1.54) is 0 Å². The van der Waals surface area contributed by atoms with Crippen molar-refractivity contribution in [3.05, 3.63) is 59.8 Å². The van der Waals surface area contributed by atoms with Gasteiger partial charge in [0.1, 0.15) is 0 Å². The average molecular weight is 345 g/mol. The van der Waals surface area contributed by atoms with Crippen molar-refractivity contribution >= 4 is 17.5 Å². The van der Waals surface area contributed by atoms with E-state index in [2.05, 4.69) is 15.5 Å². The molecule has 6 nitrogen and oxygen atoms in total. The van der Waals surface area contributed by atoms with Gasteiger partial charge in [-0.05, 0) is 30.7 Å². The highest BCUT2D eigenvalue weighted by Crippen LogP contribution is 2.22. The lowest BCUT2D eigenvalue weighted by Gasteiger charge is -2.04. The number of carbonyl (C=O) groups is 1. The fourth-order valence-electron chi connectivity index (χ4n) is 2.28.